The van der Waals surface area contributed by atoms with Crippen LogP contribution in [0.2, 0.25) is 0 Å². The van der Waals surface area contributed by atoms with E-state index in [4.69, 9.17) is 0 Å². The number of carbonyl (C=O) groups excluding carboxylic acids is 2. The van der Waals surface area contributed by atoms with Gasteiger partial charge >= 0.3 is 0 Å². The summed E-state index contributed by atoms with van der Waals surface area (Å²) < 4.78 is 0. The Balaban J connectivity index is 1.49. The van der Waals surface area contributed by atoms with E-state index in [2.05, 4.69) is 23.5 Å². The lowest BCUT2D eigenvalue weighted by Gasteiger charge is -2.29. The number of fused-ring (bicyclic) bond motifs is 1. The number of rotatable bonds is 3. The summed E-state index contributed by atoms with van der Waals surface area (Å²) in [5.41, 5.74) is 3.18. The molecule has 134 valence electrons. The molecule has 1 N–H and O–H groups in total. The number of nitrogens with zero attached hydrogens (tertiary/aromatic N) is 1. The van der Waals surface area contributed by atoms with Crippen molar-refractivity contribution in [1.82, 2.24) is 10.2 Å². The third-order valence-corrected chi connectivity index (χ3v) is 6.16. The van der Waals surface area contributed by atoms with Gasteiger partial charge in [0, 0.05) is 11.3 Å². The molecule has 2 aromatic rings. The molecule has 0 unspecified atom stereocenters. The predicted molar refractivity (Wildman–Crippen MR) is 104 cm³/mol. The highest BCUT2D eigenvalue weighted by Gasteiger charge is 2.36. The molecule has 0 saturated carbocycles. The van der Waals surface area contributed by atoms with Crippen molar-refractivity contribution in [3.8, 4) is 0 Å². The molecule has 1 heterocycles. The van der Waals surface area contributed by atoms with Gasteiger partial charge in [0.15, 0.2) is 0 Å². The summed E-state index contributed by atoms with van der Waals surface area (Å²) in [6.45, 7) is 0. The minimum atomic E-state index is -0.401. The van der Waals surface area contributed by atoms with Gasteiger partial charge in [0.25, 0.3) is 5.91 Å². The largest absolute Gasteiger partial charge is 0.347 e. The quantitative estimate of drug-likeness (QED) is 0.906. The average molecular weight is 366 g/mol. The lowest BCUT2D eigenvalue weighted by Crippen LogP contribution is -2.48. The van der Waals surface area contributed by atoms with Crippen molar-refractivity contribution >= 4 is 23.6 Å². The Labute approximate surface area is 158 Å². The van der Waals surface area contributed by atoms with E-state index in [1.165, 1.54) is 11.1 Å². The summed E-state index contributed by atoms with van der Waals surface area (Å²) in [6.07, 6.45) is 3.10. The van der Waals surface area contributed by atoms with E-state index in [9.17, 15) is 9.59 Å². The number of amides is 2. The molecule has 26 heavy (non-hydrogen) atoms. The molecule has 0 bridgehead atoms. The fourth-order valence-corrected chi connectivity index (χ4v) is 4.93. The van der Waals surface area contributed by atoms with Gasteiger partial charge in [0.1, 0.15) is 6.04 Å². The van der Waals surface area contributed by atoms with Gasteiger partial charge < -0.3 is 10.2 Å². The van der Waals surface area contributed by atoms with Crippen molar-refractivity contribution < 1.29 is 9.59 Å². The molecule has 2 aromatic carbocycles. The normalized spacial score (nSPS) is 21.9. The molecule has 0 spiro atoms. The lowest BCUT2D eigenvalue weighted by atomic mass is 9.87. The zero-order chi connectivity index (χ0) is 17.9. The van der Waals surface area contributed by atoms with E-state index in [0.29, 0.717) is 17.2 Å². The first-order chi connectivity index (χ1) is 12.7. The molecule has 4 rings (SSSR count). The Hall–Kier alpha value is -2.27. The maximum Gasteiger partial charge on any atom is 0.255 e. The van der Waals surface area contributed by atoms with E-state index in [-0.39, 0.29) is 17.9 Å². The Bertz CT molecular complexity index is 809. The van der Waals surface area contributed by atoms with Gasteiger partial charge in [-0.15, -0.1) is 11.8 Å². The van der Waals surface area contributed by atoms with Crippen LogP contribution in [-0.4, -0.2) is 34.4 Å². The SMILES string of the molecule is O=C(N[C@H]1CCCc2ccccc21)[C@@H]1CSCN1C(=O)c1ccccc1. The Morgan fingerprint density at radius 3 is 2.65 bits per heavy atom. The molecule has 1 saturated heterocycles. The van der Waals surface area contributed by atoms with E-state index < -0.39 is 6.04 Å². The highest BCUT2D eigenvalue weighted by Crippen LogP contribution is 2.30. The Kier molecular flexibility index (Phi) is 4.98. The fourth-order valence-electron chi connectivity index (χ4n) is 3.78. The highest BCUT2D eigenvalue weighted by atomic mass is 32.2. The van der Waals surface area contributed by atoms with Crippen molar-refractivity contribution in [1.29, 1.82) is 0 Å². The topological polar surface area (TPSA) is 49.4 Å². The first kappa shape index (κ1) is 17.2. The van der Waals surface area contributed by atoms with Crippen molar-refractivity contribution in [2.45, 2.75) is 31.3 Å². The third-order valence-electron chi connectivity index (χ3n) is 5.15. The molecule has 4 nitrogen and oxygen atoms in total. The number of nitrogens with one attached hydrogen (secondary N) is 1. The molecule has 2 atom stereocenters. The fraction of sp³-hybridized carbons (Fsp3) is 0.333. The number of hydrogen-bond donors (Lipinski definition) is 1. The summed E-state index contributed by atoms with van der Waals surface area (Å²) in [4.78, 5) is 27.4. The molecule has 0 aromatic heterocycles. The summed E-state index contributed by atoms with van der Waals surface area (Å²) in [5, 5.41) is 3.21. The molecule has 2 aliphatic rings. The van der Waals surface area contributed by atoms with Gasteiger partial charge in [-0.25, -0.2) is 0 Å². The summed E-state index contributed by atoms with van der Waals surface area (Å²) in [6, 6.07) is 17.2. The third kappa shape index (κ3) is 3.36. The minimum Gasteiger partial charge on any atom is -0.347 e. The second-order valence-electron chi connectivity index (χ2n) is 6.81. The summed E-state index contributed by atoms with van der Waals surface area (Å²) in [5.74, 6) is 1.10. The van der Waals surface area contributed by atoms with Crippen LogP contribution in [0.15, 0.2) is 54.6 Å². The summed E-state index contributed by atoms with van der Waals surface area (Å²) >= 11 is 1.63. The zero-order valence-corrected chi connectivity index (χ0v) is 15.4. The molecular formula is C21H22N2O2S. The van der Waals surface area contributed by atoms with E-state index >= 15 is 0 Å². The first-order valence-corrected chi connectivity index (χ1v) is 10.2. The predicted octanol–water partition coefficient (Wildman–Crippen LogP) is 3.40. The minimum absolute atomic E-state index is 0.0408. The van der Waals surface area contributed by atoms with Crippen molar-refractivity contribution in [2.75, 3.05) is 11.6 Å². The monoisotopic (exact) mass is 366 g/mol. The maximum absolute atomic E-state index is 13.0. The molecule has 1 fully saturated rings. The van der Waals surface area contributed by atoms with Crippen LogP contribution in [0.4, 0.5) is 0 Å². The van der Waals surface area contributed by atoms with Crippen LogP contribution in [0.1, 0.15) is 40.4 Å². The standard InChI is InChI=1S/C21H22N2O2S/c24-20(22-18-12-6-10-15-7-4-5-11-17(15)18)19-13-26-14-23(19)21(25)16-8-2-1-3-9-16/h1-5,7-9,11,18-19H,6,10,12-14H2,(H,22,24)/t18-,19-/m0/s1. The Morgan fingerprint density at radius 1 is 1.04 bits per heavy atom. The van der Waals surface area contributed by atoms with Gasteiger partial charge in [-0.3, -0.25) is 9.59 Å². The van der Waals surface area contributed by atoms with Crippen LogP contribution >= 0.6 is 11.8 Å². The van der Waals surface area contributed by atoms with Crippen LogP contribution in [0, 0.1) is 0 Å². The van der Waals surface area contributed by atoms with Crippen LogP contribution < -0.4 is 5.32 Å². The van der Waals surface area contributed by atoms with Gasteiger partial charge in [-0.2, -0.15) is 0 Å². The molecule has 1 aliphatic carbocycles. The molecular weight excluding hydrogens is 344 g/mol. The number of thioether (sulfide) groups is 1. The van der Waals surface area contributed by atoms with Gasteiger partial charge in [0.2, 0.25) is 5.91 Å². The smallest absolute Gasteiger partial charge is 0.255 e. The average Bonchev–Trinajstić information content (AvgIpc) is 3.18. The first-order valence-electron chi connectivity index (χ1n) is 9.06. The van der Waals surface area contributed by atoms with Crippen LogP contribution in [0.25, 0.3) is 0 Å². The van der Waals surface area contributed by atoms with Crippen LogP contribution in [0.5, 0.6) is 0 Å². The van der Waals surface area contributed by atoms with E-state index in [0.717, 1.165) is 19.3 Å². The second-order valence-corrected chi connectivity index (χ2v) is 7.81. The van der Waals surface area contributed by atoms with Crippen molar-refractivity contribution in [3.05, 3.63) is 71.3 Å². The van der Waals surface area contributed by atoms with E-state index in [1.54, 1.807) is 28.8 Å². The van der Waals surface area contributed by atoms with Gasteiger partial charge in [-0.05, 0) is 42.5 Å². The van der Waals surface area contributed by atoms with E-state index in [1.807, 2.05) is 24.3 Å². The summed E-state index contributed by atoms with van der Waals surface area (Å²) in [7, 11) is 0. The highest BCUT2D eigenvalue weighted by molar-refractivity contribution is 7.99. The number of aryl methyl sites for hydroxylation is 1. The van der Waals surface area contributed by atoms with Gasteiger partial charge in [-0.1, -0.05) is 42.5 Å². The van der Waals surface area contributed by atoms with Crippen LogP contribution in [-0.2, 0) is 11.2 Å². The number of carbonyl (C=O) groups is 2. The van der Waals surface area contributed by atoms with Crippen molar-refractivity contribution in [3.63, 3.8) is 0 Å². The molecule has 1 aliphatic heterocycles. The zero-order valence-electron chi connectivity index (χ0n) is 14.6. The molecule has 5 heteroatoms. The maximum atomic E-state index is 13.0. The lowest BCUT2D eigenvalue weighted by molar-refractivity contribution is -0.125. The number of hydrogen-bond acceptors (Lipinski definition) is 3. The second kappa shape index (κ2) is 7.54. The molecule has 2 amide bonds. The number of benzene rings is 2. The van der Waals surface area contributed by atoms with Gasteiger partial charge in [0.05, 0.1) is 11.9 Å². The Morgan fingerprint density at radius 2 is 1.81 bits per heavy atom. The van der Waals surface area contributed by atoms with Crippen LogP contribution in [0.3, 0.4) is 0 Å². The molecule has 0 radical (unpaired) electrons. The van der Waals surface area contributed by atoms with Crippen molar-refractivity contribution in [2.24, 2.45) is 0 Å².